The highest BCUT2D eigenvalue weighted by molar-refractivity contribution is 6.00. The second kappa shape index (κ2) is 7.06. The minimum atomic E-state index is -0.170. The number of para-hydroxylation sites is 2. The number of amides is 1. The molecule has 2 heterocycles. The van der Waals surface area contributed by atoms with Crippen LogP contribution in [-0.4, -0.2) is 20.5 Å². The van der Waals surface area contributed by atoms with E-state index in [4.69, 9.17) is 0 Å². The van der Waals surface area contributed by atoms with E-state index in [2.05, 4.69) is 20.8 Å². The van der Waals surface area contributed by atoms with Gasteiger partial charge in [-0.1, -0.05) is 36.4 Å². The molecule has 0 saturated carbocycles. The number of carbonyl (C=O) groups is 1. The summed E-state index contributed by atoms with van der Waals surface area (Å²) in [5.74, 6) is 0.513. The smallest absolute Gasteiger partial charge is 0.253 e. The number of hydrogen-bond acceptors (Lipinski definition) is 4. The molecule has 0 saturated heterocycles. The van der Waals surface area contributed by atoms with Crippen molar-refractivity contribution in [1.29, 1.82) is 0 Å². The topological polar surface area (TPSA) is 71.3 Å². The molecule has 2 N–H and O–H groups in total. The predicted octanol–water partition coefficient (Wildman–Crippen LogP) is 3.40. The Kier molecular flexibility index (Phi) is 4.30. The van der Waals surface area contributed by atoms with Gasteiger partial charge in [0.15, 0.2) is 11.5 Å². The van der Waals surface area contributed by atoms with Gasteiger partial charge in [0.05, 0.1) is 17.8 Å². The Labute approximate surface area is 150 Å². The van der Waals surface area contributed by atoms with Crippen LogP contribution in [-0.2, 0) is 6.54 Å². The number of pyridine rings is 1. The van der Waals surface area contributed by atoms with Crippen molar-refractivity contribution in [3.63, 3.8) is 0 Å². The normalized spacial score (nSPS) is 10.6. The van der Waals surface area contributed by atoms with E-state index in [-0.39, 0.29) is 5.91 Å². The summed E-state index contributed by atoms with van der Waals surface area (Å²) in [6.07, 6.45) is 1.88. The molecule has 26 heavy (non-hydrogen) atoms. The summed E-state index contributed by atoms with van der Waals surface area (Å²) < 4.78 is 1.86. The molecule has 0 fully saturated rings. The number of carbonyl (C=O) groups excluding carboxylic acids is 1. The largest absolute Gasteiger partial charge is 0.355 e. The Morgan fingerprint density at radius 3 is 2.54 bits per heavy atom. The van der Waals surface area contributed by atoms with Gasteiger partial charge >= 0.3 is 0 Å². The molecule has 6 heteroatoms. The first-order valence-electron chi connectivity index (χ1n) is 8.29. The zero-order valence-electron chi connectivity index (χ0n) is 14.0. The highest BCUT2D eigenvalue weighted by Gasteiger charge is 2.12. The molecular formula is C20H17N5O. The monoisotopic (exact) mass is 343 g/mol. The molecule has 0 aliphatic heterocycles. The second-order valence-corrected chi connectivity index (χ2v) is 5.76. The molecule has 2 aromatic heterocycles. The van der Waals surface area contributed by atoms with Crippen LogP contribution in [0.2, 0.25) is 0 Å². The molecular weight excluding hydrogens is 326 g/mol. The van der Waals surface area contributed by atoms with Crippen LogP contribution < -0.4 is 10.6 Å². The third-order valence-electron chi connectivity index (χ3n) is 4.02. The number of nitrogens with zero attached hydrogens (tertiary/aromatic N) is 3. The zero-order chi connectivity index (χ0) is 17.8. The van der Waals surface area contributed by atoms with E-state index in [0.29, 0.717) is 17.9 Å². The van der Waals surface area contributed by atoms with E-state index < -0.39 is 0 Å². The number of rotatable bonds is 5. The molecule has 2 aromatic carbocycles. The number of hydrogen-bond donors (Lipinski definition) is 2. The molecule has 0 bridgehead atoms. The maximum Gasteiger partial charge on any atom is 0.253 e. The standard InChI is InChI=1S/C20H17N5O/c26-20(21-14-19-24-23-18-12-6-7-13-25(18)19)16-10-4-5-11-17(16)22-15-8-2-1-3-9-15/h1-13,22H,14H2,(H,21,26). The molecule has 4 rings (SSSR count). The van der Waals surface area contributed by atoms with Gasteiger partial charge in [0.25, 0.3) is 5.91 Å². The number of fused-ring (bicyclic) bond motifs is 1. The van der Waals surface area contributed by atoms with Gasteiger partial charge in [-0.3, -0.25) is 9.20 Å². The van der Waals surface area contributed by atoms with Crippen LogP contribution in [0, 0.1) is 0 Å². The fourth-order valence-corrected chi connectivity index (χ4v) is 2.73. The van der Waals surface area contributed by atoms with Gasteiger partial charge in [0.2, 0.25) is 0 Å². The average molecular weight is 343 g/mol. The first-order chi connectivity index (χ1) is 12.8. The summed E-state index contributed by atoms with van der Waals surface area (Å²) in [5.41, 5.74) is 3.01. The van der Waals surface area contributed by atoms with Crippen molar-refractivity contribution in [2.75, 3.05) is 5.32 Å². The van der Waals surface area contributed by atoms with Gasteiger partial charge in [-0.15, -0.1) is 10.2 Å². The van der Waals surface area contributed by atoms with E-state index in [0.717, 1.165) is 17.0 Å². The van der Waals surface area contributed by atoms with Crippen molar-refractivity contribution >= 4 is 22.9 Å². The van der Waals surface area contributed by atoms with E-state index in [9.17, 15) is 4.79 Å². The number of nitrogens with one attached hydrogen (secondary N) is 2. The van der Waals surface area contributed by atoms with Gasteiger partial charge in [0.1, 0.15) is 0 Å². The number of benzene rings is 2. The fourth-order valence-electron chi connectivity index (χ4n) is 2.73. The first-order valence-corrected chi connectivity index (χ1v) is 8.29. The van der Waals surface area contributed by atoms with E-state index in [1.165, 1.54) is 0 Å². The lowest BCUT2D eigenvalue weighted by Crippen LogP contribution is -2.24. The molecule has 4 aromatic rings. The lowest BCUT2D eigenvalue weighted by molar-refractivity contribution is 0.0950. The molecule has 0 radical (unpaired) electrons. The summed E-state index contributed by atoms with van der Waals surface area (Å²) in [6.45, 7) is 0.295. The van der Waals surface area contributed by atoms with Crippen molar-refractivity contribution < 1.29 is 4.79 Å². The maximum absolute atomic E-state index is 12.7. The Balaban J connectivity index is 1.51. The minimum Gasteiger partial charge on any atom is -0.355 e. The second-order valence-electron chi connectivity index (χ2n) is 5.76. The van der Waals surface area contributed by atoms with Gasteiger partial charge in [-0.2, -0.15) is 0 Å². The Hall–Kier alpha value is -3.67. The molecule has 1 amide bonds. The summed E-state index contributed by atoms with van der Waals surface area (Å²) in [4.78, 5) is 12.7. The molecule has 0 spiro atoms. The maximum atomic E-state index is 12.7. The lowest BCUT2D eigenvalue weighted by Gasteiger charge is -2.12. The van der Waals surface area contributed by atoms with Crippen molar-refractivity contribution in [2.45, 2.75) is 6.54 Å². The molecule has 0 aliphatic rings. The van der Waals surface area contributed by atoms with E-state index in [1.807, 2.05) is 77.3 Å². The van der Waals surface area contributed by atoms with Crippen molar-refractivity contribution in [2.24, 2.45) is 0 Å². The van der Waals surface area contributed by atoms with Crippen molar-refractivity contribution in [1.82, 2.24) is 19.9 Å². The van der Waals surface area contributed by atoms with E-state index >= 15 is 0 Å². The summed E-state index contributed by atoms with van der Waals surface area (Å²) in [7, 11) is 0. The first kappa shape index (κ1) is 15.8. The van der Waals surface area contributed by atoms with Crippen molar-refractivity contribution in [3.05, 3.63) is 90.4 Å². The van der Waals surface area contributed by atoms with Crippen LogP contribution in [0.25, 0.3) is 5.65 Å². The number of anilines is 2. The van der Waals surface area contributed by atoms with Crippen LogP contribution in [0.5, 0.6) is 0 Å². The Bertz CT molecular complexity index is 1040. The van der Waals surface area contributed by atoms with Gasteiger partial charge in [0, 0.05) is 11.9 Å². The highest BCUT2D eigenvalue weighted by atomic mass is 16.1. The van der Waals surface area contributed by atoms with Crippen LogP contribution >= 0.6 is 0 Å². The summed E-state index contributed by atoms with van der Waals surface area (Å²) in [5, 5.41) is 14.4. The van der Waals surface area contributed by atoms with Crippen LogP contribution in [0.4, 0.5) is 11.4 Å². The summed E-state index contributed by atoms with van der Waals surface area (Å²) >= 11 is 0. The SMILES string of the molecule is O=C(NCc1nnc2ccccn12)c1ccccc1Nc1ccccc1. The Morgan fingerprint density at radius 1 is 0.885 bits per heavy atom. The van der Waals surface area contributed by atoms with Crippen LogP contribution in [0.3, 0.4) is 0 Å². The molecule has 0 aliphatic carbocycles. The molecule has 128 valence electrons. The van der Waals surface area contributed by atoms with Crippen LogP contribution in [0.15, 0.2) is 79.0 Å². The lowest BCUT2D eigenvalue weighted by atomic mass is 10.1. The van der Waals surface area contributed by atoms with Crippen molar-refractivity contribution in [3.8, 4) is 0 Å². The van der Waals surface area contributed by atoms with Gasteiger partial charge in [-0.25, -0.2) is 0 Å². The predicted molar refractivity (Wildman–Crippen MR) is 100 cm³/mol. The number of aromatic nitrogens is 3. The molecule has 0 unspecified atom stereocenters. The van der Waals surface area contributed by atoms with Gasteiger partial charge in [-0.05, 0) is 36.4 Å². The van der Waals surface area contributed by atoms with E-state index in [1.54, 1.807) is 6.07 Å². The minimum absolute atomic E-state index is 0.170. The third kappa shape index (κ3) is 3.25. The third-order valence-corrected chi connectivity index (χ3v) is 4.02. The van der Waals surface area contributed by atoms with Crippen LogP contribution in [0.1, 0.15) is 16.2 Å². The molecule has 0 atom stereocenters. The van der Waals surface area contributed by atoms with Gasteiger partial charge < -0.3 is 10.6 Å². The quantitative estimate of drug-likeness (QED) is 0.583. The highest BCUT2D eigenvalue weighted by Crippen LogP contribution is 2.20. The molecule has 6 nitrogen and oxygen atoms in total. The fraction of sp³-hybridized carbons (Fsp3) is 0.0500. The average Bonchev–Trinajstić information content (AvgIpc) is 3.10. The zero-order valence-corrected chi connectivity index (χ0v) is 14.0. The Morgan fingerprint density at radius 2 is 1.65 bits per heavy atom. The summed E-state index contributed by atoms with van der Waals surface area (Å²) in [6, 6.07) is 22.8.